The van der Waals surface area contributed by atoms with Gasteiger partial charge in [0.2, 0.25) is 5.91 Å². The molecule has 1 amide bonds. The number of carbonyl (C=O) groups excluding carboxylic acids is 3. The SMILES string of the molecule is CC(=O)OC(=O)[C@@H]1CNCCN1C(=O)C(c1ccccc1)c1ccccc1. The van der Waals surface area contributed by atoms with Gasteiger partial charge >= 0.3 is 11.9 Å². The summed E-state index contributed by atoms with van der Waals surface area (Å²) in [5.41, 5.74) is 1.71. The second-order valence-electron chi connectivity index (χ2n) is 6.42. The van der Waals surface area contributed by atoms with Crippen molar-refractivity contribution in [3.05, 3.63) is 71.8 Å². The summed E-state index contributed by atoms with van der Waals surface area (Å²) < 4.78 is 4.75. The zero-order valence-corrected chi connectivity index (χ0v) is 15.1. The van der Waals surface area contributed by atoms with Crippen LogP contribution in [0.1, 0.15) is 24.0 Å². The Morgan fingerprint density at radius 1 is 1.00 bits per heavy atom. The van der Waals surface area contributed by atoms with Crippen LogP contribution in [0.3, 0.4) is 0 Å². The highest BCUT2D eigenvalue weighted by Gasteiger charge is 2.37. The Labute approximate surface area is 158 Å². The quantitative estimate of drug-likeness (QED) is 0.659. The van der Waals surface area contributed by atoms with E-state index in [1.54, 1.807) is 0 Å². The third-order valence-electron chi connectivity index (χ3n) is 4.56. The van der Waals surface area contributed by atoms with Crippen LogP contribution in [-0.4, -0.2) is 48.4 Å². The molecule has 0 aromatic heterocycles. The molecule has 0 unspecified atom stereocenters. The minimum atomic E-state index is -0.829. The lowest BCUT2D eigenvalue weighted by Crippen LogP contribution is -2.58. The Balaban J connectivity index is 1.95. The first-order valence-electron chi connectivity index (χ1n) is 8.91. The van der Waals surface area contributed by atoms with E-state index in [9.17, 15) is 14.4 Å². The zero-order valence-electron chi connectivity index (χ0n) is 15.1. The van der Waals surface area contributed by atoms with Gasteiger partial charge in [-0.25, -0.2) is 4.79 Å². The number of esters is 2. The molecule has 1 heterocycles. The van der Waals surface area contributed by atoms with E-state index in [4.69, 9.17) is 4.74 Å². The molecule has 1 fully saturated rings. The third kappa shape index (κ3) is 4.41. The van der Waals surface area contributed by atoms with E-state index in [1.807, 2.05) is 60.7 Å². The van der Waals surface area contributed by atoms with E-state index in [0.717, 1.165) is 11.1 Å². The fraction of sp³-hybridized carbons (Fsp3) is 0.286. The lowest BCUT2D eigenvalue weighted by molar-refractivity contribution is -0.165. The summed E-state index contributed by atoms with van der Waals surface area (Å²) in [4.78, 5) is 38.6. The number of hydrogen-bond acceptors (Lipinski definition) is 5. The van der Waals surface area contributed by atoms with Crippen molar-refractivity contribution in [3.8, 4) is 0 Å². The van der Waals surface area contributed by atoms with Crippen LogP contribution in [-0.2, 0) is 19.1 Å². The van der Waals surface area contributed by atoms with Crippen molar-refractivity contribution in [2.24, 2.45) is 0 Å². The molecule has 0 radical (unpaired) electrons. The van der Waals surface area contributed by atoms with Crippen LogP contribution in [0.2, 0.25) is 0 Å². The summed E-state index contributed by atoms with van der Waals surface area (Å²) in [6, 6.07) is 18.1. The van der Waals surface area contributed by atoms with Crippen LogP contribution in [0, 0.1) is 0 Å². The maximum absolute atomic E-state index is 13.5. The normalized spacial score (nSPS) is 16.8. The molecule has 27 heavy (non-hydrogen) atoms. The summed E-state index contributed by atoms with van der Waals surface area (Å²) in [6.45, 7) is 2.38. The highest BCUT2D eigenvalue weighted by molar-refractivity contribution is 5.94. The number of nitrogens with one attached hydrogen (secondary N) is 1. The molecule has 1 saturated heterocycles. The van der Waals surface area contributed by atoms with Crippen molar-refractivity contribution in [3.63, 3.8) is 0 Å². The van der Waals surface area contributed by atoms with Crippen molar-refractivity contribution >= 4 is 17.8 Å². The van der Waals surface area contributed by atoms with Crippen LogP contribution in [0.15, 0.2) is 60.7 Å². The smallest absolute Gasteiger partial charge is 0.337 e. The monoisotopic (exact) mass is 366 g/mol. The van der Waals surface area contributed by atoms with Crippen molar-refractivity contribution in [1.82, 2.24) is 10.2 Å². The van der Waals surface area contributed by atoms with Crippen molar-refractivity contribution in [1.29, 1.82) is 0 Å². The predicted molar refractivity (Wildman–Crippen MR) is 99.9 cm³/mol. The zero-order chi connectivity index (χ0) is 19.2. The van der Waals surface area contributed by atoms with Gasteiger partial charge in [0.25, 0.3) is 0 Å². The Hall–Kier alpha value is -2.99. The number of piperazine rings is 1. The Bertz CT molecular complexity index is 768. The van der Waals surface area contributed by atoms with E-state index < -0.39 is 23.9 Å². The van der Waals surface area contributed by atoms with Gasteiger partial charge < -0.3 is 15.0 Å². The molecule has 1 atom stereocenters. The molecule has 0 bridgehead atoms. The molecule has 6 nitrogen and oxygen atoms in total. The summed E-state index contributed by atoms with van der Waals surface area (Å²) in [5, 5.41) is 3.09. The summed E-state index contributed by atoms with van der Waals surface area (Å²) >= 11 is 0. The molecule has 0 aliphatic carbocycles. The Kier molecular flexibility index (Phi) is 5.98. The lowest BCUT2D eigenvalue weighted by atomic mass is 9.89. The first-order valence-corrected chi connectivity index (χ1v) is 8.91. The summed E-state index contributed by atoms with van der Waals surface area (Å²) in [7, 11) is 0. The van der Waals surface area contributed by atoms with Gasteiger partial charge in [-0.15, -0.1) is 0 Å². The molecule has 1 aliphatic heterocycles. The maximum Gasteiger partial charge on any atom is 0.337 e. The van der Waals surface area contributed by atoms with Crippen LogP contribution >= 0.6 is 0 Å². The van der Waals surface area contributed by atoms with E-state index >= 15 is 0 Å². The first kappa shape index (κ1) is 18.8. The van der Waals surface area contributed by atoms with Gasteiger partial charge in [-0.1, -0.05) is 60.7 Å². The van der Waals surface area contributed by atoms with Crippen LogP contribution < -0.4 is 5.32 Å². The number of benzene rings is 2. The molecule has 3 rings (SSSR count). The molecule has 0 saturated carbocycles. The lowest BCUT2D eigenvalue weighted by Gasteiger charge is -2.36. The molecular formula is C21H22N2O4. The topological polar surface area (TPSA) is 75.7 Å². The largest absolute Gasteiger partial charge is 0.392 e. The van der Waals surface area contributed by atoms with Gasteiger partial charge in [-0.2, -0.15) is 0 Å². The van der Waals surface area contributed by atoms with E-state index in [0.29, 0.717) is 13.1 Å². The highest BCUT2D eigenvalue weighted by atomic mass is 16.6. The highest BCUT2D eigenvalue weighted by Crippen LogP contribution is 2.28. The third-order valence-corrected chi connectivity index (χ3v) is 4.56. The van der Waals surface area contributed by atoms with Crippen LogP contribution in [0.5, 0.6) is 0 Å². The van der Waals surface area contributed by atoms with Crippen molar-refractivity contribution in [2.45, 2.75) is 18.9 Å². The van der Waals surface area contributed by atoms with Crippen LogP contribution in [0.25, 0.3) is 0 Å². The first-order chi connectivity index (χ1) is 13.1. The predicted octanol–water partition coefficient (Wildman–Crippen LogP) is 1.71. The number of hydrogen-bond donors (Lipinski definition) is 1. The van der Waals surface area contributed by atoms with Crippen molar-refractivity contribution < 1.29 is 19.1 Å². The minimum Gasteiger partial charge on any atom is -0.392 e. The standard InChI is InChI=1S/C21H22N2O4/c1-15(24)27-21(26)18-14-22-12-13-23(18)20(25)19(16-8-4-2-5-9-16)17-10-6-3-7-11-17/h2-11,18-19,22H,12-14H2,1H3/t18-/m0/s1. The molecule has 140 valence electrons. The summed E-state index contributed by atoms with van der Waals surface area (Å²) in [5.74, 6) is -2.10. The van der Waals surface area contributed by atoms with Gasteiger partial charge in [-0.05, 0) is 11.1 Å². The van der Waals surface area contributed by atoms with Gasteiger partial charge in [0.1, 0.15) is 6.04 Å². The Morgan fingerprint density at radius 3 is 2.07 bits per heavy atom. The molecule has 1 aliphatic rings. The fourth-order valence-electron chi connectivity index (χ4n) is 3.32. The van der Waals surface area contributed by atoms with Gasteiger partial charge in [0, 0.05) is 26.6 Å². The maximum atomic E-state index is 13.5. The molecule has 2 aromatic carbocycles. The minimum absolute atomic E-state index is 0.181. The van der Waals surface area contributed by atoms with Crippen molar-refractivity contribution in [2.75, 3.05) is 19.6 Å². The Morgan fingerprint density at radius 2 is 1.56 bits per heavy atom. The number of rotatable bonds is 4. The average molecular weight is 366 g/mol. The second-order valence-corrected chi connectivity index (χ2v) is 6.42. The van der Waals surface area contributed by atoms with Crippen LogP contribution in [0.4, 0.5) is 0 Å². The number of nitrogens with zero attached hydrogens (tertiary/aromatic N) is 1. The molecule has 2 aromatic rings. The van der Waals surface area contributed by atoms with Gasteiger partial charge in [-0.3, -0.25) is 9.59 Å². The fourth-order valence-corrected chi connectivity index (χ4v) is 3.32. The molecule has 6 heteroatoms. The summed E-state index contributed by atoms with van der Waals surface area (Å²) in [6.07, 6.45) is 0. The number of amides is 1. The molecular weight excluding hydrogens is 344 g/mol. The number of carbonyl (C=O) groups is 3. The number of ether oxygens (including phenoxy) is 1. The van der Waals surface area contributed by atoms with Gasteiger partial charge in [0.05, 0.1) is 5.92 Å². The van der Waals surface area contributed by atoms with Gasteiger partial charge in [0.15, 0.2) is 0 Å². The second kappa shape index (κ2) is 8.60. The van der Waals surface area contributed by atoms with E-state index in [-0.39, 0.29) is 12.5 Å². The van der Waals surface area contributed by atoms with E-state index in [1.165, 1.54) is 11.8 Å². The molecule has 1 N–H and O–H groups in total. The van der Waals surface area contributed by atoms with E-state index in [2.05, 4.69) is 5.32 Å². The average Bonchev–Trinajstić information content (AvgIpc) is 2.69. The molecule has 0 spiro atoms.